The number of piperidine rings is 1. The molecule has 1 unspecified atom stereocenters. The third-order valence-corrected chi connectivity index (χ3v) is 2.14. The summed E-state index contributed by atoms with van der Waals surface area (Å²) in [4.78, 5) is 0. The molecule has 0 aliphatic carbocycles. The predicted octanol–water partition coefficient (Wildman–Crippen LogP) is 1.71. The van der Waals surface area contributed by atoms with Gasteiger partial charge >= 0.3 is 6.18 Å². The number of hydrogen-bond donors (Lipinski definition) is 1. The van der Waals surface area contributed by atoms with E-state index in [1.165, 1.54) is 0 Å². The molecule has 0 aromatic heterocycles. The number of alkyl halides is 3. The summed E-state index contributed by atoms with van der Waals surface area (Å²) >= 11 is 0. The van der Waals surface area contributed by atoms with Crippen molar-refractivity contribution in [3.05, 3.63) is 0 Å². The monoisotopic (exact) mass is 197 g/mol. The predicted molar refractivity (Wildman–Crippen MR) is 42.5 cm³/mol. The Labute approximate surface area is 75.4 Å². The Morgan fingerprint density at radius 1 is 1.31 bits per heavy atom. The van der Waals surface area contributed by atoms with E-state index >= 15 is 0 Å². The van der Waals surface area contributed by atoms with E-state index < -0.39 is 12.3 Å². The van der Waals surface area contributed by atoms with Crippen LogP contribution in [0.1, 0.15) is 19.8 Å². The molecule has 0 saturated carbocycles. The summed E-state index contributed by atoms with van der Waals surface area (Å²) in [6, 6.07) is 0. The fourth-order valence-corrected chi connectivity index (χ4v) is 1.30. The van der Waals surface area contributed by atoms with Gasteiger partial charge in [0.1, 0.15) is 0 Å². The van der Waals surface area contributed by atoms with Gasteiger partial charge in [0.05, 0.1) is 6.10 Å². The van der Waals surface area contributed by atoms with Crippen molar-refractivity contribution in [3.8, 4) is 0 Å². The number of rotatable bonds is 2. The SMILES string of the molecule is CC(OC1CCNCC1)C(F)(F)F. The molecule has 1 atom stereocenters. The second-order valence-corrected chi connectivity index (χ2v) is 3.27. The van der Waals surface area contributed by atoms with Crippen LogP contribution in [0.3, 0.4) is 0 Å². The molecular formula is C8H14F3NO. The minimum absolute atomic E-state index is 0.238. The molecule has 1 aliphatic rings. The molecule has 0 spiro atoms. The van der Waals surface area contributed by atoms with Crippen molar-refractivity contribution in [2.24, 2.45) is 0 Å². The van der Waals surface area contributed by atoms with Crippen molar-refractivity contribution < 1.29 is 17.9 Å². The number of halogens is 3. The Morgan fingerprint density at radius 3 is 2.31 bits per heavy atom. The molecule has 2 nitrogen and oxygen atoms in total. The van der Waals surface area contributed by atoms with Crippen LogP contribution in [0.2, 0.25) is 0 Å². The van der Waals surface area contributed by atoms with E-state index in [1.54, 1.807) is 0 Å². The Kier molecular flexibility index (Phi) is 3.55. The lowest BCUT2D eigenvalue weighted by Crippen LogP contribution is -2.38. The molecule has 0 radical (unpaired) electrons. The van der Waals surface area contributed by atoms with Crippen molar-refractivity contribution in [2.45, 2.75) is 38.1 Å². The maximum absolute atomic E-state index is 12.1. The minimum atomic E-state index is -4.23. The van der Waals surface area contributed by atoms with Gasteiger partial charge in [0.2, 0.25) is 0 Å². The molecule has 1 N–H and O–H groups in total. The van der Waals surface area contributed by atoms with Gasteiger partial charge < -0.3 is 10.1 Å². The summed E-state index contributed by atoms with van der Waals surface area (Å²) < 4.78 is 41.1. The zero-order valence-electron chi connectivity index (χ0n) is 7.53. The first-order valence-corrected chi connectivity index (χ1v) is 4.43. The Bertz CT molecular complexity index is 154. The fourth-order valence-electron chi connectivity index (χ4n) is 1.30. The van der Waals surface area contributed by atoms with Crippen LogP contribution in [0, 0.1) is 0 Å². The average molecular weight is 197 g/mol. The van der Waals surface area contributed by atoms with Gasteiger partial charge in [-0.1, -0.05) is 0 Å². The van der Waals surface area contributed by atoms with E-state index in [2.05, 4.69) is 5.32 Å². The summed E-state index contributed by atoms with van der Waals surface area (Å²) in [7, 11) is 0. The van der Waals surface area contributed by atoms with Crippen LogP contribution in [0.25, 0.3) is 0 Å². The minimum Gasteiger partial charge on any atom is -0.366 e. The van der Waals surface area contributed by atoms with Crippen molar-refractivity contribution in [2.75, 3.05) is 13.1 Å². The molecule has 1 aliphatic heterocycles. The van der Waals surface area contributed by atoms with Crippen molar-refractivity contribution in [1.82, 2.24) is 5.32 Å². The van der Waals surface area contributed by atoms with Gasteiger partial charge in [-0.05, 0) is 32.9 Å². The van der Waals surface area contributed by atoms with Gasteiger partial charge in [0.25, 0.3) is 0 Å². The lowest BCUT2D eigenvalue weighted by Gasteiger charge is -2.27. The highest BCUT2D eigenvalue weighted by molar-refractivity contribution is 4.71. The summed E-state index contributed by atoms with van der Waals surface area (Å²) in [6.07, 6.45) is -4.78. The maximum Gasteiger partial charge on any atom is 0.414 e. The average Bonchev–Trinajstić information content (AvgIpc) is 2.04. The third kappa shape index (κ3) is 3.52. The number of ether oxygens (including phenoxy) is 1. The zero-order chi connectivity index (χ0) is 9.90. The number of hydrogen-bond acceptors (Lipinski definition) is 2. The maximum atomic E-state index is 12.1. The smallest absolute Gasteiger partial charge is 0.366 e. The van der Waals surface area contributed by atoms with Crippen LogP contribution in [-0.2, 0) is 4.74 Å². The van der Waals surface area contributed by atoms with Crippen LogP contribution < -0.4 is 5.32 Å². The van der Waals surface area contributed by atoms with Gasteiger partial charge in [-0.3, -0.25) is 0 Å². The van der Waals surface area contributed by atoms with Crippen LogP contribution in [0.5, 0.6) is 0 Å². The van der Waals surface area contributed by atoms with Crippen molar-refractivity contribution in [3.63, 3.8) is 0 Å². The topological polar surface area (TPSA) is 21.3 Å². The Hall–Kier alpha value is -0.290. The Morgan fingerprint density at radius 2 is 1.85 bits per heavy atom. The first kappa shape index (κ1) is 10.8. The highest BCUT2D eigenvalue weighted by Crippen LogP contribution is 2.24. The molecule has 0 amide bonds. The number of nitrogens with one attached hydrogen (secondary N) is 1. The highest BCUT2D eigenvalue weighted by Gasteiger charge is 2.38. The fraction of sp³-hybridized carbons (Fsp3) is 1.00. The normalized spacial score (nSPS) is 23.1. The molecule has 0 aromatic carbocycles. The molecule has 5 heteroatoms. The molecule has 1 saturated heterocycles. The van der Waals surface area contributed by atoms with Crippen LogP contribution in [0.15, 0.2) is 0 Å². The van der Waals surface area contributed by atoms with Gasteiger partial charge in [-0.15, -0.1) is 0 Å². The molecular weight excluding hydrogens is 183 g/mol. The molecule has 0 bridgehead atoms. The van der Waals surface area contributed by atoms with Gasteiger partial charge in [0.15, 0.2) is 6.10 Å². The van der Waals surface area contributed by atoms with Crippen LogP contribution >= 0.6 is 0 Å². The van der Waals surface area contributed by atoms with E-state index in [4.69, 9.17) is 4.74 Å². The molecule has 1 rings (SSSR count). The third-order valence-electron chi connectivity index (χ3n) is 2.14. The molecule has 1 heterocycles. The van der Waals surface area contributed by atoms with E-state index in [0.717, 1.165) is 20.0 Å². The van der Waals surface area contributed by atoms with E-state index in [9.17, 15) is 13.2 Å². The lowest BCUT2D eigenvalue weighted by atomic mass is 10.1. The Balaban J connectivity index is 2.30. The summed E-state index contributed by atoms with van der Waals surface area (Å²) in [6.45, 7) is 2.55. The van der Waals surface area contributed by atoms with Crippen LogP contribution in [0.4, 0.5) is 13.2 Å². The van der Waals surface area contributed by atoms with E-state index in [1.807, 2.05) is 0 Å². The summed E-state index contributed by atoms with van der Waals surface area (Å²) in [5.74, 6) is 0. The van der Waals surface area contributed by atoms with Gasteiger partial charge in [-0.25, -0.2) is 0 Å². The van der Waals surface area contributed by atoms with Crippen molar-refractivity contribution in [1.29, 1.82) is 0 Å². The molecule has 13 heavy (non-hydrogen) atoms. The lowest BCUT2D eigenvalue weighted by molar-refractivity contribution is -0.228. The molecule has 0 aromatic rings. The molecule has 78 valence electrons. The first-order valence-electron chi connectivity index (χ1n) is 4.43. The second kappa shape index (κ2) is 4.28. The standard InChI is InChI=1S/C8H14F3NO/c1-6(8(9,10)11)13-7-2-4-12-5-3-7/h6-7,12H,2-5H2,1H3. The summed E-state index contributed by atoms with van der Waals surface area (Å²) in [5, 5.41) is 3.07. The van der Waals surface area contributed by atoms with Gasteiger partial charge in [-0.2, -0.15) is 13.2 Å². The quantitative estimate of drug-likeness (QED) is 0.727. The van der Waals surface area contributed by atoms with Gasteiger partial charge in [0, 0.05) is 0 Å². The first-order chi connectivity index (χ1) is 6.00. The van der Waals surface area contributed by atoms with Crippen LogP contribution in [-0.4, -0.2) is 31.5 Å². The highest BCUT2D eigenvalue weighted by atomic mass is 19.4. The largest absolute Gasteiger partial charge is 0.414 e. The zero-order valence-corrected chi connectivity index (χ0v) is 7.53. The van der Waals surface area contributed by atoms with Crippen molar-refractivity contribution >= 4 is 0 Å². The van der Waals surface area contributed by atoms with E-state index in [0.29, 0.717) is 12.8 Å². The molecule has 1 fully saturated rings. The summed E-state index contributed by atoms with van der Waals surface area (Å²) in [5.41, 5.74) is 0. The second-order valence-electron chi connectivity index (χ2n) is 3.27. The van der Waals surface area contributed by atoms with E-state index in [-0.39, 0.29) is 6.10 Å².